The molecule has 0 spiro atoms. The van der Waals surface area contributed by atoms with Crippen LogP contribution < -0.4 is 19.6 Å². The molecule has 0 saturated carbocycles. The lowest BCUT2D eigenvalue weighted by Crippen LogP contribution is -2.23. The minimum Gasteiger partial charge on any atom is -0.493 e. The molecule has 0 bridgehead atoms. The van der Waals surface area contributed by atoms with Crippen LogP contribution in [0.15, 0.2) is 57.7 Å². The molecule has 0 amide bonds. The summed E-state index contributed by atoms with van der Waals surface area (Å²) in [6, 6.07) is 14.5. The molecule has 0 N–H and O–H groups in total. The van der Waals surface area contributed by atoms with E-state index >= 15 is 0 Å². The Labute approximate surface area is 219 Å². The maximum Gasteiger partial charge on any atom is 0.291 e. The van der Waals surface area contributed by atoms with Crippen LogP contribution in [-0.4, -0.2) is 28.3 Å². The first-order valence-corrected chi connectivity index (χ1v) is 12.5. The monoisotopic (exact) mass is 539 g/mol. The van der Waals surface area contributed by atoms with Gasteiger partial charge in [-0.15, -0.1) is 5.10 Å². The van der Waals surface area contributed by atoms with Crippen molar-refractivity contribution in [3.8, 4) is 22.8 Å². The molecule has 0 atom stereocenters. The average molecular weight is 540 g/mol. The van der Waals surface area contributed by atoms with Crippen LogP contribution in [0.1, 0.15) is 24.1 Å². The van der Waals surface area contributed by atoms with E-state index in [1.54, 1.807) is 37.5 Å². The molecular formula is C26H19Cl2N3O4S. The Balaban J connectivity index is 1.39. The van der Waals surface area contributed by atoms with Gasteiger partial charge in [0.15, 0.2) is 17.3 Å². The largest absolute Gasteiger partial charge is 0.493 e. The van der Waals surface area contributed by atoms with E-state index in [1.165, 1.54) is 15.9 Å². The highest BCUT2D eigenvalue weighted by Crippen LogP contribution is 2.30. The van der Waals surface area contributed by atoms with Crippen LogP contribution in [0.3, 0.4) is 0 Å². The number of ether oxygens (including phenoxy) is 2. The average Bonchev–Trinajstić information content (AvgIpc) is 3.57. The Morgan fingerprint density at radius 3 is 2.67 bits per heavy atom. The van der Waals surface area contributed by atoms with Crippen molar-refractivity contribution in [1.82, 2.24) is 14.6 Å². The summed E-state index contributed by atoms with van der Waals surface area (Å²) in [5, 5.41) is 5.24. The zero-order valence-corrected chi connectivity index (χ0v) is 21.5. The summed E-state index contributed by atoms with van der Waals surface area (Å²) in [7, 11) is 1.59. The quantitative estimate of drug-likeness (QED) is 0.258. The summed E-state index contributed by atoms with van der Waals surface area (Å²) in [6.45, 7) is 2.47. The maximum atomic E-state index is 12.9. The van der Waals surface area contributed by atoms with E-state index in [1.807, 2.05) is 43.3 Å². The smallest absolute Gasteiger partial charge is 0.291 e. The van der Waals surface area contributed by atoms with E-state index in [9.17, 15) is 4.79 Å². The Hall–Kier alpha value is -3.59. The van der Waals surface area contributed by atoms with Gasteiger partial charge in [-0.2, -0.15) is 9.50 Å². The van der Waals surface area contributed by atoms with Crippen molar-refractivity contribution in [3.63, 3.8) is 0 Å². The Kier molecular flexibility index (Phi) is 6.82. The fourth-order valence-electron chi connectivity index (χ4n) is 3.52. The number of halogens is 2. The molecule has 0 unspecified atom stereocenters. The van der Waals surface area contributed by atoms with Crippen LogP contribution in [0.4, 0.5) is 0 Å². The predicted octanol–water partition coefficient (Wildman–Crippen LogP) is 5.84. The molecule has 10 heteroatoms. The van der Waals surface area contributed by atoms with Crippen molar-refractivity contribution >= 4 is 57.7 Å². The fourth-order valence-corrected chi connectivity index (χ4v) is 4.71. The second-order valence-electron chi connectivity index (χ2n) is 7.59. The molecule has 5 rings (SSSR count). The zero-order valence-electron chi connectivity index (χ0n) is 19.2. The van der Waals surface area contributed by atoms with Crippen molar-refractivity contribution in [2.24, 2.45) is 0 Å². The molecule has 0 saturated heterocycles. The standard InChI is InChI=1S/C26H19Cl2N3O4S/c1-3-34-21-9-4-15(12-22(21)33-2)5-11-24-29-26-31(30-24)25(32)23(36-26)14-17-7-10-20(35-17)16-6-8-18(27)19(28)13-16/h4-14H,3H2,1-2H3/b11-5+,23-14-. The van der Waals surface area contributed by atoms with Gasteiger partial charge in [0, 0.05) is 11.6 Å². The van der Waals surface area contributed by atoms with Crippen molar-refractivity contribution in [1.29, 1.82) is 0 Å². The predicted molar refractivity (Wildman–Crippen MR) is 143 cm³/mol. The summed E-state index contributed by atoms with van der Waals surface area (Å²) in [5.41, 5.74) is 1.41. The van der Waals surface area contributed by atoms with E-state index in [4.69, 9.17) is 37.1 Å². The van der Waals surface area contributed by atoms with E-state index in [0.717, 1.165) is 11.1 Å². The van der Waals surface area contributed by atoms with Gasteiger partial charge < -0.3 is 13.9 Å². The van der Waals surface area contributed by atoms with Gasteiger partial charge in [-0.3, -0.25) is 4.79 Å². The number of benzene rings is 2. The van der Waals surface area contributed by atoms with E-state index < -0.39 is 0 Å². The minimum atomic E-state index is -0.266. The van der Waals surface area contributed by atoms with Gasteiger partial charge in [0.2, 0.25) is 4.96 Å². The lowest BCUT2D eigenvalue weighted by molar-refractivity contribution is 0.311. The van der Waals surface area contributed by atoms with Crippen LogP contribution in [0, 0.1) is 0 Å². The number of thiazole rings is 1. The molecule has 3 aromatic heterocycles. The minimum absolute atomic E-state index is 0.266. The number of hydrogen-bond acceptors (Lipinski definition) is 7. The summed E-state index contributed by atoms with van der Waals surface area (Å²) in [5.74, 6) is 2.89. The van der Waals surface area contributed by atoms with Gasteiger partial charge in [0.25, 0.3) is 5.56 Å². The van der Waals surface area contributed by atoms with Gasteiger partial charge >= 0.3 is 0 Å². The highest BCUT2D eigenvalue weighted by atomic mass is 35.5. The number of nitrogens with zero attached hydrogens (tertiary/aromatic N) is 3. The Morgan fingerprint density at radius 2 is 1.92 bits per heavy atom. The van der Waals surface area contributed by atoms with Crippen molar-refractivity contribution < 1.29 is 13.9 Å². The number of rotatable bonds is 7. The topological polar surface area (TPSA) is 78.9 Å². The SMILES string of the molecule is CCOc1ccc(/C=C/c2nc3s/c(=C\c4ccc(-c5ccc(Cl)c(Cl)c5)o4)c(=O)n3n2)cc1OC. The molecule has 36 heavy (non-hydrogen) atoms. The van der Waals surface area contributed by atoms with Crippen molar-refractivity contribution in [2.45, 2.75) is 6.92 Å². The second-order valence-corrected chi connectivity index (χ2v) is 9.41. The lowest BCUT2D eigenvalue weighted by Gasteiger charge is -2.09. The Bertz CT molecular complexity index is 1700. The first-order valence-electron chi connectivity index (χ1n) is 10.9. The number of methoxy groups -OCH3 is 1. The number of aromatic nitrogens is 3. The third-order valence-electron chi connectivity index (χ3n) is 5.21. The van der Waals surface area contributed by atoms with Gasteiger partial charge in [0.05, 0.1) is 23.8 Å². The van der Waals surface area contributed by atoms with Crippen LogP contribution >= 0.6 is 34.5 Å². The summed E-state index contributed by atoms with van der Waals surface area (Å²) >= 11 is 13.3. The molecule has 0 aliphatic carbocycles. The zero-order chi connectivity index (χ0) is 25.2. The van der Waals surface area contributed by atoms with E-state index in [-0.39, 0.29) is 5.56 Å². The second kappa shape index (κ2) is 10.2. The fraction of sp³-hybridized carbons (Fsp3) is 0.115. The van der Waals surface area contributed by atoms with Crippen LogP contribution in [0.2, 0.25) is 10.0 Å². The van der Waals surface area contributed by atoms with Gasteiger partial charge in [-0.1, -0.05) is 46.7 Å². The molecule has 0 aliphatic heterocycles. The summed E-state index contributed by atoms with van der Waals surface area (Å²) in [6.07, 6.45) is 5.27. The summed E-state index contributed by atoms with van der Waals surface area (Å²) in [4.78, 5) is 17.8. The lowest BCUT2D eigenvalue weighted by atomic mass is 10.2. The van der Waals surface area contributed by atoms with Gasteiger partial charge in [-0.25, -0.2) is 0 Å². The van der Waals surface area contributed by atoms with E-state index in [2.05, 4.69) is 10.1 Å². The van der Waals surface area contributed by atoms with Crippen LogP contribution in [-0.2, 0) is 0 Å². The van der Waals surface area contributed by atoms with Crippen LogP contribution in [0.25, 0.3) is 34.5 Å². The molecule has 0 aliphatic rings. The van der Waals surface area contributed by atoms with Crippen molar-refractivity contribution in [3.05, 3.63) is 90.6 Å². The number of hydrogen-bond donors (Lipinski definition) is 0. The number of fused-ring (bicyclic) bond motifs is 1. The third-order valence-corrected chi connectivity index (χ3v) is 6.91. The molecule has 0 fully saturated rings. The molecule has 5 aromatic rings. The van der Waals surface area contributed by atoms with E-state index in [0.29, 0.717) is 55.0 Å². The van der Waals surface area contributed by atoms with Crippen molar-refractivity contribution in [2.75, 3.05) is 13.7 Å². The molecule has 7 nitrogen and oxygen atoms in total. The third kappa shape index (κ3) is 4.88. The highest BCUT2D eigenvalue weighted by molar-refractivity contribution is 7.15. The first-order chi connectivity index (χ1) is 17.4. The summed E-state index contributed by atoms with van der Waals surface area (Å²) < 4.78 is 18.6. The molecule has 3 heterocycles. The van der Waals surface area contributed by atoms with Gasteiger partial charge in [-0.05, 0) is 61.0 Å². The number of furan rings is 1. The maximum absolute atomic E-state index is 12.9. The first kappa shape index (κ1) is 24.1. The normalized spacial score (nSPS) is 12.2. The molecule has 0 radical (unpaired) electrons. The molecular weight excluding hydrogens is 521 g/mol. The van der Waals surface area contributed by atoms with Gasteiger partial charge in [0.1, 0.15) is 16.1 Å². The van der Waals surface area contributed by atoms with Crippen LogP contribution in [0.5, 0.6) is 11.5 Å². The molecule has 2 aromatic carbocycles. The highest BCUT2D eigenvalue weighted by Gasteiger charge is 2.11. The Morgan fingerprint density at radius 1 is 1.06 bits per heavy atom. The molecule has 182 valence electrons.